The number of hydrogen-bond donors (Lipinski definition) is 2. The molecule has 0 radical (unpaired) electrons. The lowest BCUT2D eigenvalue weighted by atomic mass is 10.0. The monoisotopic (exact) mass is 236 g/mol. The lowest BCUT2D eigenvalue weighted by Gasteiger charge is -2.08. The van der Waals surface area contributed by atoms with Gasteiger partial charge in [0.25, 0.3) is 0 Å². The summed E-state index contributed by atoms with van der Waals surface area (Å²) >= 11 is 0. The summed E-state index contributed by atoms with van der Waals surface area (Å²) in [6.45, 7) is 3.95. The van der Waals surface area contributed by atoms with E-state index in [1.54, 1.807) is 0 Å². The first-order valence-corrected chi connectivity index (χ1v) is 4.22. The van der Waals surface area contributed by atoms with Gasteiger partial charge in [-0.1, -0.05) is 24.3 Å². The van der Waals surface area contributed by atoms with Crippen molar-refractivity contribution in [2.75, 3.05) is 0 Å². The van der Waals surface area contributed by atoms with Crippen LogP contribution in [0.25, 0.3) is 0 Å². The van der Waals surface area contributed by atoms with Gasteiger partial charge in [0, 0.05) is 12.1 Å². The van der Waals surface area contributed by atoms with Crippen molar-refractivity contribution in [3.63, 3.8) is 0 Å². The molecule has 0 saturated carbocycles. The average Bonchev–Trinajstić information content (AvgIpc) is 2.04. The Morgan fingerprint density at radius 1 is 0.786 bits per heavy atom. The van der Waals surface area contributed by atoms with Gasteiger partial charge >= 0.3 is 0 Å². The van der Waals surface area contributed by atoms with Crippen LogP contribution in [0.5, 0.6) is 0 Å². The molecule has 0 fully saturated rings. The van der Waals surface area contributed by atoms with Crippen molar-refractivity contribution in [1.29, 1.82) is 0 Å². The zero-order valence-corrected chi connectivity index (χ0v) is 10.1. The minimum atomic E-state index is 0. The maximum atomic E-state index is 5.71. The van der Waals surface area contributed by atoms with Crippen LogP contribution in [0.1, 0.15) is 37.1 Å². The van der Waals surface area contributed by atoms with Crippen molar-refractivity contribution >= 4 is 24.8 Å². The first kappa shape index (κ1) is 16.2. The standard InChI is InChI=1S/C10H16N2.2ClH/c1-7(11)9-3-5-10(6-4-9)8(2)12;;/h3-8H,11-12H2,1-2H3;2*1H. The van der Waals surface area contributed by atoms with Crippen molar-refractivity contribution in [1.82, 2.24) is 0 Å². The predicted molar refractivity (Wildman–Crippen MR) is 66.1 cm³/mol. The molecule has 14 heavy (non-hydrogen) atoms. The number of benzene rings is 1. The number of halogens is 2. The normalized spacial score (nSPS) is 13.4. The molecule has 0 aliphatic carbocycles. The molecule has 0 aromatic heterocycles. The van der Waals surface area contributed by atoms with Gasteiger partial charge < -0.3 is 11.5 Å². The van der Waals surface area contributed by atoms with Crippen LogP contribution in [-0.4, -0.2) is 0 Å². The Labute approximate surface area is 97.9 Å². The van der Waals surface area contributed by atoms with Gasteiger partial charge in [-0.2, -0.15) is 0 Å². The molecule has 4 N–H and O–H groups in total. The van der Waals surface area contributed by atoms with Crippen molar-refractivity contribution in [2.24, 2.45) is 11.5 Å². The third-order valence-electron chi connectivity index (χ3n) is 1.99. The summed E-state index contributed by atoms with van der Waals surface area (Å²) in [6.07, 6.45) is 0. The van der Waals surface area contributed by atoms with Gasteiger partial charge in [-0.3, -0.25) is 0 Å². The van der Waals surface area contributed by atoms with Gasteiger partial charge in [-0.15, -0.1) is 24.8 Å². The van der Waals surface area contributed by atoms with E-state index in [4.69, 9.17) is 11.5 Å². The zero-order chi connectivity index (χ0) is 9.14. The Bertz CT molecular complexity index is 218. The third kappa shape index (κ3) is 4.29. The van der Waals surface area contributed by atoms with Gasteiger partial charge in [0.05, 0.1) is 0 Å². The summed E-state index contributed by atoms with van der Waals surface area (Å²) in [7, 11) is 0. The maximum absolute atomic E-state index is 5.71. The van der Waals surface area contributed by atoms with Crippen molar-refractivity contribution < 1.29 is 0 Å². The molecule has 0 bridgehead atoms. The highest BCUT2D eigenvalue weighted by Crippen LogP contribution is 2.14. The van der Waals surface area contributed by atoms with E-state index in [2.05, 4.69) is 0 Å². The molecule has 0 heterocycles. The van der Waals surface area contributed by atoms with Crippen LogP contribution >= 0.6 is 24.8 Å². The Morgan fingerprint density at radius 2 is 1.00 bits per heavy atom. The molecule has 0 spiro atoms. The number of hydrogen-bond acceptors (Lipinski definition) is 2. The highest BCUT2D eigenvalue weighted by molar-refractivity contribution is 5.85. The highest BCUT2D eigenvalue weighted by atomic mass is 35.5. The van der Waals surface area contributed by atoms with Crippen molar-refractivity contribution in [3.8, 4) is 0 Å². The Hall–Kier alpha value is -0.280. The molecule has 82 valence electrons. The lowest BCUT2D eigenvalue weighted by molar-refractivity contribution is 0.799. The second-order valence-corrected chi connectivity index (χ2v) is 3.24. The van der Waals surface area contributed by atoms with E-state index < -0.39 is 0 Å². The molecule has 0 saturated heterocycles. The molecule has 2 unspecified atom stereocenters. The maximum Gasteiger partial charge on any atom is 0.0266 e. The van der Waals surface area contributed by atoms with Crippen LogP contribution in [0, 0.1) is 0 Å². The van der Waals surface area contributed by atoms with E-state index in [0.717, 1.165) is 11.1 Å². The van der Waals surface area contributed by atoms with Crippen LogP contribution in [0.15, 0.2) is 24.3 Å². The van der Waals surface area contributed by atoms with E-state index in [1.807, 2.05) is 38.1 Å². The quantitative estimate of drug-likeness (QED) is 0.830. The first-order chi connectivity index (χ1) is 5.61. The summed E-state index contributed by atoms with van der Waals surface area (Å²) in [5.74, 6) is 0. The molecular formula is C10H18Cl2N2. The molecule has 0 amide bonds. The molecule has 1 rings (SSSR count). The average molecular weight is 237 g/mol. The SMILES string of the molecule is CC(N)c1ccc(C(C)N)cc1.Cl.Cl. The minimum absolute atomic E-state index is 0. The summed E-state index contributed by atoms with van der Waals surface area (Å²) in [6, 6.07) is 8.33. The second-order valence-electron chi connectivity index (χ2n) is 3.24. The smallest absolute Gasteiger partial charge is 0.0266 e. The summed E-state index contributed by atoms with van der Waals surface area (Å²) in [5.41, 5.74) is 13.7. The van der Waals surface area contributed by atoms with E-state index in [1.165, 1.54) is 0 Å². The van der Waals surface area contributed by atoms with Crippen LogP contribution in [-0.2, 0) is 0 Å². The zero-order valence-electron chi connectivity index (χ0n) is 8.44. The van der Waals surface area contributed by atoms with Crippen LogP contribution < -0.4 is 11.5 Å². The first-order valence-electron chi connectivity index (χ1n) is 4.22. The van der Waals surface area contributed by atoms with Crippen molar-refractivity contribution in [3.05, 3.63) is 35.4 Å². The predicted octanol–water partition coefficient (Wildman–Crippen LogP) is 2.57. The van der Waals surface area contributed by atoms with Gasteiger partial charge in [-0.25, -0.2) is 0 Å². The summed E-state index contributed by atoms with van der Waals surface area (Å²) in [4.78, 5) is 0. The van der Waals surface area contributed by atoms with Crippen LogP contribution in [0.3, 0.4) is 0 Å². The topological polar surface area (TPSA) is 52.0 Å². The minimum Gasteiger partial charge on any atom is -0.324 e. The third-order valence-corrected chi connectivity index (χ3v) is 1.99. The molecule has 2 atom stereocenters. The molecule has 4 heteroatoms. The van der Waals surface area contributed by atoms with Gasteiger partial charge in [0.2, 0.25) is 0 Å². The fourth-order valence-electron chi connectivity index (χ4n) is 1.10. The van der Waals surface area contributed by atoms with E-state index in [9.17, 15) is 0 Å². The number of nitrogens with two attached hydrogens (primary N) is 2. The van der Waals surface area contributed by atoms with Gasteiger partial charge in [0.15, 0.2) is 0 Å². The van der Waals surface area contributed by atoms with Crippen LogP contribution in [0.2, 0.25) is 0 Å². The highest BCUT2D eigenvalue weighted by Gasteiger charge is 2.00. The Kier molecular flexibility index (Phi) is 8.16. The molecule has 1 aromatic carbocycles. The van der Waals surface area contributed by atoms with Gasteiger partial charge in [0.1, 0.15) is 0 Å². The summed E-state index contributed by atoms with van der Waals surface area (Å²) < 4.78 is 0. The Morgan fingerprint density at radius 3 is 1.14 bits per heavy atom. The second kappa shape index (κ2) is 7.07. The van der Waals surface area contributed by atoms with Crippen molar-refractivity contribution in [2.45, 2.75) is 25.9 Å². The molecule has 1 aromatic rings. The molecular weight excluding hydrogens is 219 g/mol. The molecule has 0 aliphatic rings. The largest absolute Gasteiger partial charge is 0.324 e. The van der Waals surface area contributed by atoms with E-state index >= 15 is 0 Å². The Balaban J connectivity index is 0. The molecule has 0 aliphatic heterocycles. The van der Waals surface area contributed by atoms with Crippen LogP contribution in [0.4, 0.5) is 0 Å². The number of rotatable bonds is 2. The van der Waals surface area contributed by atoms with Gasteiger partial charge in [-0.05, 0) is 25.0 Å². The van der Waals surface area contributed by atoms with E-state index in [-0.39, 0.29) is 36.9 Å². The fraction of sp³-hybridized carbons (Fsp3) is 0.400. The fourth-order valence-corrected chi connectivity index (χ4v) is 1.10. The molecule has 2 nitrogen and oxygen atoms in total. The summed E-state index contributed by atoms with van der Waals surface area (Å²) in [5, 5.41) is 0. The van der Waals surface area contributed by atoms with E-state index in [0.29, 0.717) is 0 Å². The lowest BCUT2D eigenvalue weighted by Crippen LogP contribution is -2.07.